The largest absolute Gasteiger partial charge is 0.379 e. The first-order valence-corrected chi connectivity index (χ1v) is 6.37. The quantitative estimate of drug-likeness (QED) is 0.652. The van der Waals surface area contributed by atoms with Gasteiger partial charge in [0.15, 0.2) is 0 Å². The first kappa shape index (κ1) is 14.4. The van der Waals surface area contributed by atoms with E-state index in [1.807, 2.05) is 13.8 Å². The summed E-state index contributed by atoms with van der Waals surface area (Å²) in [5, 5.41) is 2.90. The van der Waals surface area contributed by atoms with Crippen LogP contribution in [0, 0.1) is 0 Å². The molecular formula is C12H24N2O3. The van der Waals surface area contributed by atoms with E-state index < -0.39 is 0 Å². The minimum Gasteiger partial charge on any atom is -0.379 e. The van der Waals surface area contributed by atoms with E-state index in [4.69, 9.17) is 9.47 Å². The molecule has 0 atom stereocenters. The fraction of sp³-hybridized carbons (Fsp3) is 0.917. The van der Waals surface area contributed by atoms with E-state index in [2.05, 4.69) is 10.2 Å². The highest BCUT2D eigenvalue weighted by Gasteiger charge is 2.13. The Morgan fingerprint density at radius 1 is 1.41 bits per heavy atom. The number of rotatable bonds is 7. The molecule has 0 aromatic carbocycles. The number of nitrogens with one attached hydrogen (secondary N) is 1. The van der Waals surface area contributed by atoms with Crippen LogP contribution in [-0.4, -0.2) is 62.9 Å². The first-order chi connectivity index (χ1) is 8.18. The molecule has 1 rings (SSSR count). The summed E-state index contributed by atoms with van der Waals surface area (Å²) < 4.78 is 10.6. The van der Waals surface area contributed by atoms with Crippen LogP contribution in [0.2, 0.25) is 0 Å². The zero-order valence-electron chi connectivity index (χ0n) is 10.9. The molecule has 5 nitrogen and oxygen atoms in total. The number of hydrogen-bond donors (Lipinski definition) is 1. The van der Waals surface area contributed by atoms with E-state index in [0.29, 0.717) is 19.7 Å². The van der Waals surface area contributed by atoms with Gasteiger partial charge in [-0.3, -0.25) is 9.69 Å². The minimum atomic E-state index is 0.0939. The summed E-state index contributed by atoms with van der Waals surface area (Å²) >= 11 is 0. The van der Waals surface area contributed by atoms with Crippen molar-refractivity contribution in [1.29, 1.82) is 0 Å². The second-order valence-corrected chi connectivity index (χ2v) is 4.51. The van der Waals surface area contributed by atoms with Crippen molar-refractivity contribution in [3.63, 3.8) is 0 Å². The molecule has 0 saturated carbocycles. The van der Waals surface area contributed by atoms with Crippen LogP contribution in [0.3, 0.4) is 0 Å². The summed E-state index contributed by atoms with van der Waals surface area (Å²) in [6.07, 6.45) is 1.13. The number of carbonyl (C=O) groups excluding carboxylic acids is 1. The molecule has 0 bridgehead atoms. The maximum atomic E-state index is 11.6. The Kier molecular flexibility index (Phi) is 7.16. The van der Waals surface area contributed by atoms with E-state index in [0.717, 1.165) is 32.7 Å². The molecule has 0 radical (unpaired) electrons. The predicted octanol–water partition coefficient (Wildman–Crippen LogP) is 0.250. The minimum absolute atomic E-state index is 0.0939. The normalized spacial score (nSPS) is 17.4. The molecule has 0 unspecified atom stereocenters. The van der Waals surface area contributed by atoms with Crippen LogP contribution in [0.4, 0.5) is 0 Å². The number of hydrogen-bond acceptors (Lipinski definition) is 4. The van der Waals surface area contributed by atoms with Crippen molar-refractivity contribution in [2.75, 3.05) is 46.0 Å². The van der Waals surface area contributed by atoms with Gasteiger partial charge in [-0.05, 0) is 20.3 Å². The highest BCUT2D eigenvalue weighted by atomic mass is 16.5. The molecule has 5 heteroatoms. The number of carbonyl (C=O) groups is 1. The molecule has 1 aliphatic rings. The summed E-state index contributed by atoms with van der Waals surface area (Å²) in [5.74, 6) is 0.0939. The Morgan fingerprint density at radius 3 is 2.76 bits per heavy atom. The van der Waals surface area contributed by atoms with Gasteiger partial charge in [0.05, 0.1) is 25.9 Å². The van der Waals surface area contributed by atoms with E-state index in [1.54, 1.807) is 0 Å². The zero-order valence-corrected chi connectivity index (χ0v) is 10.9. The van der Waals surface area contributed by atoms with Crippen molar-refractivity contribution >= 4 is 5.91 Å². The van der Waals surface area contributed by atoms with Crippen molar-refractivity contribution in [1.82, 2.24) is 10.2 Å². The van der Waals surface area contributed by atoms with Crippen LogP contribution in [-0.2, 0) is 14.3 Å². The summed E-state index contributed by atoms with van der Waals surface area (Å²) in [4.78, 5) is 13.7. The molecule has 1 heterocycles. The second-order valence-electron chi connectivity index (χ2n) is 4.51. The Labute approximate surface area is 103 Å². The number of amides is 1. The van der Waals surface area contributed by atoms with Gasteiger partial charge in [-0.25, -0.2) is 0 Å². The van der Waals surface area contributed by atoms with Crippen molar-refractivity contribution in [2.45, 2.75) is 26.4 Å². The lowest BCUT2D eigenvalue weighted by Crippen LogP contribution is -2.43. The van der Waals surface area contributed by atoms with E-state index in [1.165, 1.54) is 0 Å². The monoisotopic (exact) mass is 244 g/mol. The standard InChI is InChI=1S/C12H24N2O3/c1-11(2)17-7-3-4-13-12(15)10-14-5-8-16-9-6-14/h11H,3-10H2,1-2H3,(H,13,15). The van der Waals surface area contributed by atoms with E-state index in [-0.39, 0.29) is 12.0 Å². The summed E-state index contributed by atoms with van der Waals surface area (Å²) in [6, 6.07) is 0. The Balaban J connectivity index is 1.97. The lowest BCUT2D eigenvalue weighted by atomic mass is 10.4. The number of ether oxygens (including phenoxy) is 2. The van der Waals surface area contributed by atoms with Crippen molar-refractivity contribution < 1.29 is 14.3 Å². The third kappa shape index (κ3) is 7.31. The molecule has 1 amide bonds. The molecular weight excluding hydrogens is 220 g/mol. The van der Waals surface area contributed by atoms with Gasteiger partial charge >= 0.3 is 0 Å². The molecule has 1 saturated heterocycles. The van der Waals surface area contributed by atoms with Crippen LogP contribution in [0.5, 0.6) is 0 Å². The van der Waals surface area contributed by atoms with Crippen molar-refractivity contribution in [3.8, 4) is 0 Å². The van der Waals surface area contributed by atoms with Crippen LogP contribution < -0.4 is 5.32 Å². The predicted molar refractivity (Wildman–Crippen MR) is 66.0 cm³/mol. The highest BCUT2D eigenvalue weighted by molar-refractivity contribution is 5.77. The number of nitrogens with zero attached hydrogens (tertiary/aromatic N) is 1. The lowest BCUT2D eigenvalue weighted by Gasteiger charge is -2.25. The van der Waals surface area contributed by atoms with Gasteiger partial charge in [-0.1, -0.05) is 0 Å². The summed E-state index contributed by atoms with van der Waals surface area (Å²) in [5.41, 5.74) is 0. The van der Waals surface area contributed by atoms with Gasteiger partial charge in [0.25, 0.3) is 0 Å². The summed E-state index contributed by atoms with van der Waals surface area (Å²) in [7, 11) is 0. The Bertz CT molecular complexity index is 216. The third-order valence-electron chi connectivity index (χ3n) is 2.57. The lowest BCUT2D eigenvalue weighted by molar-refractivity contribution is -0.123. The van der Waals surface area contributed by atoms with Gasteiger partial charge in [0.2, 0.25) is 5.91 Å². The molecule has 0 aromatic rings. The maximum absolute atomic E-state index is 11.6. The van der Waals surface area contributed by atoms with Gasteiger partial charge in [-0.2, -0.15) is 0 Å². The molecule has 17 heavy (non-hydrogen) atoms. The Morgan fingerprint density at radius 2 is 2.12 bits per heavy atom. The fourth-order valence-corrected chi connectivity index (χ4v) is 1.64. The average molecular weight is 244 g/mol. The number of morpholine rings is 1. The van der Waals surface area contributed by atoms with Crippen molar-refractivity contribution in [3.05, 3.63) is 0 Å². The van der Waals surface area contributed by atoms with Gasteiger partial charge in [0.1, 0.15) is 0 Å². The maximum Gasteiger partial charge on any atom is 0.234 e. The highest BCUT2D eigenvalue weighted by Crippen LogP contribution is 1.95. The molecule has 0 aromatic heterocycles. The van der Waals surface area contributed by atoms with Gasteiger partial charge < -0.3 is 14.8 Å². The Hall–Kier alpha value is -0.650. The summed E-state index contributed by atoms with van der Waals surface area (Å²) in [6.45, 7) is 9.06. The van der Waals surface area contributed by atoms with Crippen LogP contribution in [0.15, 0.2) is 0 Å². The van der Waals surface area contributed by atoms with E-state index >= 15 is 0 Å². The molecule has 1 fully saturated rings. The first-order valence-electron chi connectivity index (χ1n) is 6.37. The van der Waals surface area contributed by atoms with Crippen LogP contribution in [0.1, 0.15) is 20.3 Å². The topological polar surface area (TPSA) is 50.8 Å². The van der Waals surface area contributed by atoms with E-state index in [9.17, 15) is 4.79 Å². The average Bonchev–Trinajstić information content (AvgIpc) is 2.29. The van der Waals surface area contributed by atoms with Gasteiger partial charge in [0, 0.05) is 26.2 Å². The van der Waals surface area contributed by atoms with Crippen molar-refractivity contribution in [2.24, 2.45) is 0 Å². The molecule has 1 aliphatic heterocycles. The second kappa shape index (κ2) is 8.44. The smallest absolute Gasteiger partial charge is 0.234 e. The van der Waals surface area contributed by atoms with Crippen LogP contribution >= 0.6 is 0 Å². The fourth-order valence-electron chi connectivity index (χ4n) is 1.64. The third-order valence-corrected chi connectivity index (χ3v) is 2.57. The molecule has 1 N–H and O–H groups in total. The molecule has 100 valence electrons. The van der Waals surface area contributed by atoms with Gasteiger partial charge in [-0.15, -0.1) is 0 Å². The molecule has 0 aliphatic carbocycles. The SMILES string of the molecule is CC(C)OCCCNC(=O)CN1CCOCC1. The molecule has 0 spiro atoms. The zero-order chi connectivity index (χ0) is 12.5. The van der Waals surface area contributed by atoms with Crippen LogP contribution in [0.25, 0.3) is 0 Å².